The number of ether oxygens (including phenoxy) is 1. The normalized spacial score (nSPS) is 12.0. The van der Waals surface area contributed by atoms with Crippen LogP contribution >= 0.6 is 0 Å². The number of quaternary nitrogens is 1. The Labute approximate surface area is 196 Å². The Hall–Kier alpha value is -0.120. The highest BCUT2D eigenvalue weighted by molar-refractivity contribution is 4.51. The number of nitrogens with zero attached hydrogens (tertiary/aromatic N) is 1. The Morgan fingerprint density at radius 1 is 0.516 bits per heavy atom. The van der Waals surface area contributed by atoms with E-state index in [4.69, 9.17) is 9.84 Å². The molecule has 0 aliphatic heterocycles. The molecule has 0 saturated carbocycles. The summed E-state index contributed by atoms with van der Waals surface area (Å²) in [5.74, 6) is 0. The van der Waals surface area contributed by atoms with Gasteiger partial charge in [0.1, 0.15) is 0 Å². The maximum Gasteiger partial charge on any atom is 0.182 e. The fraction of sp³-hybridized carbons (Fsp3) is 1.00. The third kappa shape index (κ3) is 26.0. The van der Waals surface area contributed by atoms with Crippen molar-refractivity contribution in [3.8, 4) is 0 Å². The van der Waals surface area contributed by atoms with Gasteiger partial charge in [-0.3, -0.25) is 0 Å². The number of hydrogen-bond acceptors (Lipinski definition) is 2. The van der Waals surface area contributed by atoms with Crippen LogP contribution in [-0.2, 0) is 4.74 Å². The summed E-state index contributed by atoms with van der Waals surface area (Å²) < 4.78 is 6.67. The van der Waals surface area contributed by atoms with E-state index in [1.54, 1.807) is 0 Å². The molecule has 0 aliphatic carbocycles. The van der Waals surface area contributed by atoms with Gasteiger partial charge in [0.05, 0.1) is 27.2 Å². The van der Waals surface area contributed by atoms with Crippen molar-refractivity contribution in [3.63, 3.8) is 0 Å². The third-order valence-corrected chi connectivity index (χ3v) is 6.50. The predicted molar refractivity (Wildman–Crippen MR) is 138 cm³/mol. The Morgan fingerprint density at radius 2 is 0.871 bits per heavy atom. The maximum atomic E-state index is 8.93. The molecule has 0 heterocycles. The summed E-state index contributed by atoms with van der Waals surface area (Å²) in [7, 11) is 4.35. The summed E-state index contributed by atoms with van der Waals surface area (Å²) in [4.78, 5) is 0. The van der Waals surface area contributed by atoms with Crippen LogP contribution in [0.4, 0.5) is 0 Å². The van der Waals surface area contributed by atoms with Gasteiger partial charge >= 0.3 is 0 Å². The molecule has 0 aromatic carbocycles. The molecule has 0 radical (unpaired) electrons. The molecule has 188 valence electrons. The van der Waals surface area contributed by atoms with E-state index in [0.29, 0.717) is 0 Å². The molecule has 0 amide bonds. The quantitative estimate of drug-likeness (QED) is 0.0830. The van der Waals surface area contributed by atoms with Gasteiger partial charge in [-0.1, -0.05) is 129 Å². The molecule has 0 unspecified atom stereocenters. The molecule has 31 heavy (non-hydrogen) atoms. The highest BCUT2D eigenvalue weighted by Gasteiger charge is 2.13. The standard InChI is InChI=1S/C28H60NO2/c1-4-5-6-7-8-9-10-11-12-13-14-15-16-17-18-19-20-21-22-23-27-31-28-29(2,3)25-24-26-30/h30H,4-28H2,1-3H3/q+1. The van der Waals surface area contributed by atoms with E-state index in [0.717, 1.165) is 30.8 Å². The zero-order valence-electron chi connectivity index (χ0n) is 22.0. The van der Waals surface area contributed by atoms with Crippen LogP contribution in [-0.4, -0.2) is 50.2 Å². The van der Waals surface area contributed by atoms with Gasteiger partial charge in [0, 0.05) is 13.0 Å². The summed E-state index contributed by atoms with van der Waals surface area (Å²) in [5, 5.41) is 8.93. The van der Waals surface area contributed by atoms with Crippen LogP contribution in [0.25, 0.3) is 0 Å². The van der Waals surface area contributed by atoms with Gasteiger partial charge in [0.15, 0.2) is 6.73 Å². The Morgan fingerprint density at radius 3 is 1.23 bits per heavy atom. The summed E-state index contributed by atoms with van der Waals surface area (Å²) >= 11 is 0. The largest absolute Gasteiger partial charge is 0.396 e. The molecule has 0 spiro atoms. The van der Waals surface area contributed by atoms with Gasteiger partial charge in [-0.25, -0.2) is 0 Å². The SMILES string of the molecule is CCCCCCCCCCCCCCCCCCCCCCOC[N+](C)(C)CCCO. The zero-order chi connectivity index (χ0) is 22.9. The first-order valence-electron chi connectivity index (χ1n) is 14.1. The second-order valence-electron chi connectivity index (χ2n) is 10.5. The molecule has 0 rings (SSSR count). The molecule has 0 fully saturated rings. The molecule has 0 atom stereocenters. The van der Waals surface area contributed by atoms with Gasteiger partial charge in [-0.15, -0.1) is 0 Å². The smallest absolute Gasteiger partial charge is 0.182 e. The van der Waals surface area contributed by atoms with Crippen molar-refractivity contribution in [1.29, 1.82) is 0 Å². The van der Waals surface area contributed by atoms with Crippen LogP contribution in [0.1, 0.15) is 142 Å². The summed E-state index contributed by atoms with van der Waals surface area (Å²) in [5.41, 5.74) is 0. The lowest BCUT2D eigenvalue weighted by Gasteiger charge is -2.28. The summed E-state index contributed by atoms with van der Waals surface area (Å²) in [6.45, 7) is 5.21. The maximum absolute atomic E-state index is 8.93. The average Bonchev–Trinajstić information content (AvgIpc) is 2.76. The minimum Gasteiger partial charge on any atom is -0.396 e. The van der Waals surface area contributed by atoms with E-state index >= 15 is 0 Å². The van der Waals surface area contributed by atoms with E-state index in [2.05, 4.69) is 21.0 Å². The Balaban J connectivity index is 3.11. The monoisotopic (exact) mass is 442 g/mol. The highest BCUT2D eigenvalue weighted by atomic mass is 16.5. The lowest BCUT2D eigenvalue weighted by molar-refractivity contribution is -0.909. The van der Waals surface area contributed by atoms with E-state index < -0.39 is 0 Å². The number of rotatable bonds is 26. The van der Waals surface area contributed by atoms with Crippen molar-refractivity contribution in [3.05, 3.63) is 0 Å². The molecule has 3 nitrogen and oxygen atoms in total. The van der Waals surface area contributed by atoms with Crippen LogP contribution in [0.5, 0.6) is 0 Å². The van der Waals surface area contributed by atoms with Gasteiger partial charge in [0.25, 0.3) is 0 Å². The molecule has 0 saturated heterocycles. The predicted octanol–water partition coefficient (Wildman–Crippen LogP) is 8.24. The Kier molecular flexibility index (Phi) is 24.4. The van der Waals surface area contributed by atoms with Crippen molar-refractivity contribution in [2.45, 2.75) is 142 Å². The number of hydrogen-bond donors (Lipinski definition) is 1. The van der Waals surface area contributed by atoms with E-state index in [9.17, 15) is 0 Å². The van der Waals surface area contributed by atoms with Crippen LogP contribution in [0.2, 0.25) is 0 Å². The molecule has 0 aromatic heterocycles. The fourth-order valence-electron chi connectivity index (χ4n) is 4.33. The van der Waals surface area contributed by atoms with E-state index in [1.807, 2.05) is 0 Å². The number of unbranched alkanes of at least 4 members (excludes halogenated alkanes) is 19. The van der Waals surface area contributed by atoms with Crippen LogP contribution < -0.4 is 0 Å². The first-order valence-corrected chi connectivity index (χ1v) is 14.1. The summed E-state index contributed by atoms with van der Waals surface area (Å²) in [6.07, 6.45) is 29.3. The Bertz CT molecular complexity index is 333. The van der Waals surface area contributed by atoms with Crippen molar-refractivity contribution in [1.82, 2.24) is 0 Å². The molecule has 1 N–H and O–H groups in total. The van der Waals surface area contributed by atoms with Crippen molar-refractivity contribution >= 4 is 0 Å². The first kappa shape index (κ1) is 30.9. The van der Waals surface area contributed by atoms with Crippen LogP contribution in [0.3, 0.4) is 0 Å². The summed E-state index contributed by atoms with van der Waals surface area (Å²) in [6, 6.07) is 0. The topological polar surface area (TPSA) is 29.5 Å². The minimum atomic E-state index is 0.279. The van der Waals surface area contributed by atoms with Crippen molar-refractivity contribution < 1.29 is 14.3 Å². The van der Waals surface area contributed by atoms with Crippen molar-refractivity contribution in [2.75, 3.05) is 40.6 Å². The van der Waals surface area contributed by atoms with Gasteiger partial charge < -0.3 is 14.3 Å². The first-order chi connectivity index (χ1) is 15.1. The molecule has 0 aromatic rings. The number of aliphatic hydroxyl groups is 1. The van der Waals surface area contributed by atoms with Gasteiger partial charge in [-0.05, 0) is 6.42 Å². The van der Waals surface area contributed by atoms with Gasteiger partial charge in [0.2, 0.25) is 0 Å². The molecular weight excluding hydrogens is 382 g/mol. The number of aliphatic hydroxyl groups excluding tert-OH is 1. The molecule has 0 aliphatic rings. The third-order valence-electron chi connectivity index (χ3n) is 6.50. The van der Waals surface area contributed by atoms with E-state index in [-0.39, 0.29) is 6.61 Å². The van der Waals surface area contributed by atoms with Crippen LogP contribution in [0, 0.1) is 0 Å². The minimum absolute atomic E-state index is 0.279. The fourth-order valence-corrected chi connectivity index (χ4v) is 4.33. The molecular formula is C28H60NO2+. The second-order valence-corrected chi connectivity index (χ2v) is 10.5. The molecule has 0 bridgehead atoms. The lowest BCUT2D eigenvalue weighted by Crippen LogP contribution is -2.42. The second kappa shape index (κ2) is 24.5. The highest BCUT2D eigenvalue weighted by Crippen LogP contribution is 2.14. The van der Waals surface area contributed by atoms with E-state index in [1.165, 1.54) is 128 Å². The molecule has 3 heteroatoms. The zero-order valence-corrected chi connectivity index (χ0v) is 22.0. The lowest BCUT2D eigenvalue weighted by atomic mass is 10.0. The van der Waals surface area contributed by atoms with Crippen molar-refractivity contribution in [2.24, 2.45) is 0 Å². The average molecular weight is 443 g/mol. The van der Waals surface area contributed by atoms with Crippen LogP contribution in [0.15, 0.2) is 0 Å². The van der Waals surface area contributed by atoms with Gasteiger partial charge in [-0.2, -0.15) is 0 Å².